The van der Waals surface area contributed by atoms with Gasteiger partial charge in [0, 0.05) is 19.3 Å². The van der Waals surface area contributed by atoms with Gasteiger partial charge < -0.3 is 10.2 Å². The molecule has 0 saturated carbocycles. The highest BCUT2D eigenvalue weighted by atomic mass is 16.2. The highest BCUT2D eigenvalue weighted by Gasteiger charge is 2.21. The Hall–Kier alpha value is -2.09. The van der Waals surface area contributed by atoms with Crippen LogP contribution in [0.5, 0.6) is 0 Å². The molecule has 0 bridgehead atoms. The molecule has 2 rings (SSSR count). The van der Waals surface area contributed by atoms with E-state index < -0.39 is 0 Å². The first-order chi connectivity index (χ1) is 9.56. The Kier molecular flexibility index (Phi) is 4.23. The van der Waals surface area contributed by atoms with E-state index in [0.29, 0.717) is 17.9 Å². The van der Waals surface area contributed by atoms with Gasteiger partial charge in [-0.1, -0.05) is 0 Å². The van der Waals surface area contributed by atoms with Crippen LogP contribution in [-0.2, 0) is 17.6 Å². The molecule has 1 N–H and O–H groups in total. The zero-order chi connectivity index (χ0) is 14.7. The van der Waals surface area contributed by atoms with Gasteiger partial charge in [-0.2, -0.15) is 5.26 Å². The minimum Gasteiger partial charge on any atom is -0.358 e. The molecule has 0 radical (unpaired) electrons. The SMILES string of the molecule is CCN(C)C(=O)C(C)Nc1nc2c(cc1C#N)CCC2. The minimum atomic E-state index is -0.390. The first-order valence-corrected chi connectivity index (χ1v) is 7.01. The van der Waals surface area contributed by atoms with Gasteiger partial charge in [0.25, 0.3) is 0 Å². The zero-order valence-electron chi connectivity index (χ0n) is 12.2. The van der Waals surface area contributed by atoms with E-state index in [0.717, 1.165) is 30.5 Å². The Labute approximate surface area is 119 Å². The van der Waals surface area contributed by atoms with Crippen LogP contribution in [0.15, 0.2) is 6.07 Å². The van der Waals surface area contributed by atoms with Crippen molar-refractivity contribution < 1.29 is 4.79 Å². The highest BCUT2D eigenvalue weighted by molar-refractivity contribution is 5.84. The van der Waals surface area contributed by atoms with Gasteiger partial charge in [0.1, 0.15) is 17.9 Å². The molecule has 1 aromatic heterocycles. The molecule has 5 heteroatoms. The van der Waals surface area contributed by atoms with Crippen molar-refractivity contribution in [3.05, 3.63) is 22.9 Å². The molecule has 1 aliphatic rings. The van der Waals surface area contributed by atoms with Gasteiger partial charge in [-0.3, -0.25) is 4.79 Å². The lowest BCUT2D eigenvalue weighted by molar-refractivity contribution is -0.130. The van der Waals surface area contributed by atoms with Crippen molar-refractivity contribution in [2.45, 2.75) is 39.2 Å². The number of fused-ring (bicyclic) bond motifs is 1. The quantitative estimate of drug-likeness (QED) is 0.906. The summed E-state index contributed by atoms with van der Waals surface area (Å²) >= 11 is 0. The Bertz CT molecular complexity index is 562. The fourth-order valence-electron chi connectivity index (χ4n) is 2.42. The Morgan fingerprint density at radius 1 is 1.60 bits per heavy atom. The van der Waals surface area contributed by atoms with Crippen LogP contribution < -0.4 is 5.32 Å². The van der Waals surface area contributed by atoms with Crippen molar-refractivity contribution in [3.8, 4) is 6.07 Å². The van der Waals surface area contributed by atoms with Crippen LogP contribution in [0, 0.1) is 11.3 Å². The summed E-state index contributed by atoms with van der Waals surface area (Å²) in [6.07, 6.45) is 3.03. The Morgan fingerprint density at radius 2 is 2.35 bits per heavy atom. The number of hydrogen-bond acceptors (Lipinski definition) is 4. The van der Waals surface area contributed by atoms with Crippen LogP contribution in [0.4, 0.5) is 5.82 Å². The standard InChI is InChI=1S/C15H20N4O/c1-4-19(3)15(20)10(2)17-14-12(9-16)8-11-6-5-7-13(11)18-14/h8,10H,4-7H2,1-3H3,(H,17,18). The van der Waals surface area contributed by atoms with Gasteiger partial charge in [0.2, 0.25) is 5.91 Å². The number of hydrogen-bond donors (Lipinski definition) is 1. The Morgan fingerprint density at radius 3 is 3.00 bits per heavy atom. The molecule has 0 fully saturated rings. The molecule has 1 aromatic rings. The number of anilines is 1. The first-order valence-electron chi connectivity index (χ1n) is 7.01. The minimum absolute atomic E-state index is 0.00121. The molecule has 1 aliphatic carbocycles. The predicted octanol–water partition coefficient (Wildman–Crippen LogP) is 1.72. The topological polar surface area (TPSA) is 69.0 Å². The number of aryl methyl sites for hydroxylation is 2. The number of likely N-dealkylation sites (N-methyl/N-ethyl adjacent to an activating group) is 1. The third kappa shape index (κ3) is 2.74. The second-order valence-corrected chi connectivity index (χ2v) is 5.17. The Balaban J connectivity index is 2.21. The molecule has 0 aliphatic heterocycles. The molecule has 1 heterocycles. The lowest BCUT2D eigenvalue weighted by Gasteiger charge is -2.21. The summed E-state index contributed by atoms with van der Waals surface area (Å²) in [5.41, 5.74) is 2.73. The molecule has 1 amide bonds. The number of rotatable bonds is 4. The van der Waals surface area contributed by atoms with Gasteiger partial charge in [-0.05, 0) is 44.7 Å². The lowest BCUT2D eigenvalue weighted by Crippen LogP contribution is -2.39. The lowest BCUT2D eigenvalue weighted by atomic mass is 10.1. The van der Waals surface area contributed by atoms with Crippen molar-refractivity contribution in [1.29, 1.82) is 5.26 Å². The maximum absolute atomic E-state index is 12.1. The van der Waals surface area contributed by atoms with Crippen LogP contribution in [0.1, 0.15) is 37.1 Å². The first kappa shape index (κ1) is 14.3. The maximum Gasteiger partial charge on any atom is 0.244 e. The van der Waals surface area contributed by atoms with E-state index in [9.17, 15) is 10.1 Å². The number of pyridine rings is 1. The van der Waals surface area contributed by atoms with Crippen molar-refractivity contribution >= 4 is 11.7 Å². The van der Waals surface area contributed by atoms with E-state index in [-0.39, 0.29) is 11.9 Å². The highest BCUT2D eigenvalue weighted by Crippen LogP contribution is 2.25. The maximum atomic E-state index is 12.1. The normalized spacial score (nSPS) is 14.3. The fraction of sp³-hybridized carbons (Fsp3) is 0.533. The number of nitriles is 1. The molecule has 1 unspecified atom stereocenters. The monoisotopic (exact) mass is 272 g/mol. The van der Waals surface area contributed by atoms with E-state index in [2.05, 4.69) is 16.4 Å². The van der Waals surface area contributed by atoms with Crippen LogP contribution in [0.3, 0.4) is 0 Å². The third-order valence-electron chi connectivity index (χ3n) is 3.75. The van der Waals surface area contributed by atoms with Gasteiger partial charge >= 0.3 is 0 Å². The molecule has 0 aromatic carbocycles. The largest absolute Gasteiger partial charge is 0.358 e. The van der Waals surface area contributed by atoms with E-state index in [1.807, 2.05) is 13.0 Å². The van der Waals surface area contributed by atoms with Crippen LogP contribution in [0.25, 0.3) is 0 Å². The van der Waals surface area contributed by atoms with Crippen molar-refractivity contribution in [2.75, 3.05) is 18.9 Å². The zero-order valence-corrected chi connectivity index (χ0v) is 12.2. The summed E-state index contributed by atoms with van der Waals surface area (Å²) in [7, 11) is 1.77. The summed E-state index contributed by atoms with van der Waals surface area (Å²) in [6.45, 7) is 4.39. The molecular weight excluding hydrogens is 252 g/mol. The average Bonchev–Trinajstić information content (AvgIpc) is 2.91. The van der Waals surface area contributed by atoms with Crippen LogP contribution in [0.2, 0.25) is 0 Å². The third-order valence-corrected chi connectivity index (χ3v) is 3.75. The molecule has 1 atom stereocenters. The van der Waals surface area contributed by atoms with Crippen molar-refractivity contribution in [1.82, 2.24) is 9.88 Å². The number of carbonyl (C=O) groups is 1. The van der Waals surface area contributed by atoms with Crippen molar-refractivity contribution in [2.24, 2.45) is 0 Å². The molecule has 5 nitrogen and oxygen atoms in total. The molecular formula is C15H20N4O. The number of nitrogens with zero attached hydrogens (tertiary/aromatic N) is 3. The summed E-state index contributed by atoms with van der Waals surface area (Å²) in [5.74, 6) is 0.525. The van der Waals surface area contributed by atoms with Crippen molar-refractivity contribution in [3.63, 3.8) is 0 Å². The van der Waals surface area contributed by atoms with E-state index >= 15 is 0 Å². The van der Waals surface area contributed by atoms with Gasteiger partial charge in [0.15, 0.2) is 0 Å². The average molecular weight is 272 g/mol. The summed E-state index contributed by atoms with van der Waals surface area (Å²) < 4.78 is 0. The molecule has 0 spiro atoms. The number of amides is 1. The smallest absolute Gasteiger partial charge is 0.244 e. The molecule has 0 saturated heterocycles. The second-order valence-electron chi connectivity index (χ2n) is 5.17. The fourth-order valence-corrected chi connectivity index (χ4v) is 2.42. The predicted molar refractivity (Wildman–Crippen MR) is 77.4 cm³/mol. The van der Waals surface area contributed by atoms with E-state index in [1.165, 1.54) is 0 Å². The second kappa shape index (κ2) is 5.91. The van der Waals surface area contributed by atoms with Gasteiger partial charge in [0.05, 0.1) is 5.56 Å². The number of carbonyl (C=O) groups excluding carboxylic acids is 1. The summed E-state index contributed by atoms with van der Waals surface area (Å²) in [6, 6.07) is 3.67. The summed E-state index contributed by atoms with van der Waals surface area (Å²) in [4.78, 5) is 18.2. The van der Waals surface area contributed by atoms with Crippen LogP contribution in [-0.4, -0.2) is 35.4 Å². The number of nitrogens with one attached hydrogen (secondary N) is 1. The van der Waals surface area contributed by atoms with E-state index in [1.54, 1.807) is 18.9 Å². The van der Waals surface area contributed by atoms with Crippen LogP contribution >= 0.6 is 0 Å². The molecule has 20 heavy (non-hydrogen) atoms. The van der Waals surface area contributed by atoms with Gasteiger partial charge in [-0.25, -0.2) is 4.98 Å². The molecule has 106 valence electrons. The summed E-state index contributed by atoms with van der Waals surface area (Å²) in [5, 5.41) is 12.3. The van der Waals surface area contributed by atoms with Gasteiger partial charge in [-0.15, -0.1) is 0 Å². The van der Waals surface area contributed by atoms with E-state index in [4.69, 9.17) is 0 Å². The number of aromatic nitrogens is 1.